The van der Waals surface area contributed by atoms with Gasteiger partial charge in [-0.25, -0.2) is 0 Å². The largest absolute Gasteiger partial charge is 0.394 e. The van der Waals surface area contributed by atoms with Crippen LogP contribution >= 0.6 is 12.4 Å². The molecule has 0 radical (unpaired) electrons. The van der Waals surface area contributed by atoms with Crippen molar-refractivity contribution in [2.75, 3.05) is 13.3 Å². The summed E-state index contributed by atoms with van der Waals surface area (Å²) in [5.41, 5.74) is 5.50. The second-order valence-electron chi connectivity index (χ2n) is 4.07. The third kappa shape index (κ3) is 2.58. The van der Waals surface area contributed by atoms with Crippen LogP contribution in [-0.4, -0.2) is 58.9 Å². The van der Waals surface area contributed by atoms with Gasteiger partial charge >= 0.3 is 5.92 Å². The molecule has 2 rings (SSSR count). The number of aliphatic hydroxyl groups excluding tert-OH is 2. The molecule has 0 aromatic rings. The van der Waals surface area contributed by atoms with E-state index in [0.29, 0.717) is 0 Å². The summed E-state index contributed by atoms with van der Waals surface area (Å²) in [5.74, 6) is -3.44. The van der Waals surface area contributed by atoms with Crippen molar-refractivity contribution in [3.8, 4) is 0 Å². The van der Waals surface area contributed by atoms with E-state index in [1.54, 1.807) is 0 Å². The van der Waals surface area contributed by atoms with E-state index in [2.05, 4.69) is 5.32 Å². The van der Waals surface area contributed by atoms with Crippen molar-refractivity contribution >= 4 is 12.4 Å². The molecule has 1 unspecified atom stereocenters. The standard InChI is InChI=1S/C9H15F2N3O3.ClH/c10-9(11)7(16)5(3-15)17-8(9)14-2-1-6(12)13-4-14;/h1-2,5-8,13,15-16H,3-4,12H2;1H/t5-,6?,7-,8-;/m1./s1. The van der Waals surface area contributed by atoms with E-state index in [1.807, 2.05) is 0 Å². The highest BCUT2D eigenvalue weighted by molar-refractivity contribution is 5.85. The lowest BCUT2D eigenvalue weighted by Crippen LogP contribution is -2.54. The first-order valence-electron chi connectivity index (χ1n) is 5.22. The van der Waals surface area contributed by atoms with Crippen LogP contribution in [0.2, 0.25) is 0 Å². The van der Waals surface area contributed by atoms with E-state index in [1.165, 1.54) is 17.2 Å². The molecule has 6 nitrogen and oxygen atoms in total. The molecule has 0 aromatic heterocycles. The minimum atomic E-state index is -3.44. The Morgan fingerprint density at radius 2 is 2.22 bits per heavy atom. The Bertz CT molecular complexity index is 321. The van der Waals surface area contributed by atoms with Crippen molar-refractivity contribution in [1.82, 2.24) is 10.2 Å². The molecule has 18 heavy (non-hydrogen) atoms. The van der Waals surface area contributed by atoms with Crippen molar-refractivity contribution in [3.05, 3.63) is 12.3 Å². The molecule has 4 atom stereocenters. The topological polar surface area (TPSA) is 91.0 Å². The SMILES string of the molecule is Cl.NC1C=CN([C@@H]2O[C@H](CO)[C@@H](O)C2(F)F)CN1. The molecule has 0 saturated carbocycles. The second kappa shape index (κ2) is 5.64. The van der Waals surface area contributed by atoms with Crippen molar-refractivity contribution < 1.29 is 23.7 Å². The van der Waals surface area contributed by atoms with E-state index < -0.39 is 31.0 Å². The van der Waals surface area contributed by atoms with E-state index in [-0.39, 0.29) is 25.2 Å². The summed E-state index contributed by atoms with van der Waals surface area (Å²) in [6, 6.07) is 0. The highest BCUT2D eigenvalue weighted by Gasteiger charge is 2.60. The Kier molecular flexibility index (Phi) is 4.87. The fraction of sp³-hybridized carbons (Fsp3) is 0.778. The van der Waals surface area contributed by atoms with Gasteiger partial charge in [-0.15, -0.1) is 12.4 Å². The first-order chi connectivity index (χ1) is 7.96. The fourth-order valence-electron chi connectivity index (χ4n) is 1.86. The minimum absolute atomic E-state index is 0. The number of nitrogens with two attached hydrogens (primary N) is 1. The highest BCUT2D eigenvalue weighted by atomic mass is 35.5. The second-order valence-corrected chi connectivity index (χ2v) is 4.07. The van der Waals surface area contributed by atoms with Crippen LogP contribution in [0.15, 0.2) is 12.3 Å². The Hall–Kier alpha value is -0.510. The monoisotopic (exact) mass is 287 g/mol. The summed E-state index contributed by atoms with van der Waals surface area (Å²) in [6.45, 7) is -0.569. The van der Waals surface area contributed by atoms with Gasteiger partial charge < -0.3 is 25.6 Å². The Morgan fingerprint density at radius 3 is 2.67 bits per heavy atom. The summed E-state index contributed by atoms with van der Waals surface area (Å²) in [6.07, 6.45) is -2.39. The molecule has 0 aliphatic carbocycles. The van der Waals surface area contributed by atoms with Gasteiger partial charge in [-0.2, -0.15) is 8.78 Å². The average Bonchev–Trinajstić information content (AvgIpc) is 2.53. The van der Waals surface area contributed by atoms with Crippen molar-refractivity contribution in [2.24, 2.45) is 5.73 Å². The number of ether oxygens (including phenoxy) is 1. The Labute approximate surface area is 109 Å². The third-order valence-electron chi connectivity index (χ3n) is 2.86. The molecule has 0 spiro atoms. The predicted octanol–water partition coefficient (Wildman–Crippen LogP) is -1.22. The molecule has 2 heterocycles. The van der Waals surface area contributed by atoms with Gasteiger partial charge in [0.1, 0.15) is 6.10 Å². The molecule has 0 amide bonds. The molecule has 0 bridgehead atoms. The predicted molar refractivity (Wildman–Crippen MR) is 60.9 cm³/mol. The molecule has 0 aromatic carbocycles. The number of alkyl halides is 2. The van der Waals surface area contributed by atoms with Crippen LogP contribution in [-0.2, 0) is 4.74 Å². The van der Waals surface area contributed by atoms with Crippen LogP contribution in [0.5, 0.6) is 0 Å². The maximum Gasteiger partial charge on any atom is 0.319 e. The summed E-state index contributed by atoms with van der Waals surface area (Å²) < 4.78 is 32.4. The van der Waals surface area contributed by atoms with E-state index in [9.17, 15) is 13.9 Å². The quantitative estimate of drug-likeness (QED) is 0.509. The van der Waals surface area contributed by atoms with Gasteiger partial charge in [-0.1, -0.05) is 0 Å². The number of nitrogens with zero attached hydrogens (tertiary/aromatic N) is 1. The average molecular weight is 288 g/mol. The number of aliphatic hydroxyl groups is 2. The van der Waals surface area contributed by atoms with E-state index in [0.717, 1.165) is 0 Å². The normalized spacial score (nSPS) is 38.6. The zero-order valence-corrected chi connectivity index (χ0v) is 10.2. The lowest BCUT2D eigenvalue weighted by atomic mass is 10.1. The number of rotatable bonds is 2. The van der Waals surface area contributed by atoms with Gasteiger partial charge in [0.05, 0.1) is 19.4 Å². The summed E-state index contributed by atoms with van der Waals surface area (Å²) in [5, 5.41) is 20.9. The third-order valence-corrected chi connectivity index (χ3v) is 2.86. The van der Waals surface area contributed by atoms with Gasteiger partial charge in [-0.05, 0) is 6.08 Å². The molecule has 2 aliphatic rings. The molecule has 5 N–H and O–H groups in total. The fourth-order valence-corrected chi connectivity index (χ4v) is 1.86. The lowest BCUT2D eigenvalue weighted by molar-refractivity contribution is -0.158. The zero-order chi connectivity index (χ0) is 12.6. The molecular formula is C9H16ClF2N3O3. The number of nitrogens with one attached hydrogen (secondary N) is 1. The van der Waals surface area contributed by atoms with Crippen LogP contribution in [0.25, 0.3) is 0 Å². The van der Waals surface area contributed by atoms with Crippen molar-refractivity contribution in [3.63, 3.8) is 0 Å². The van der Waals surface area contributed by atoms with Crippen LogP contribution in [0.4, 0.5) is 8.78 Å². The van der Waals surface area contributed by atoms with E-state index in [4.69, 9.17) is 15.6 Å². The molecular weight excluding hydrogens is 272 g/mol. The molecule has 9 heteroatoms. The van der Waals surface area contributed by atoms with Crippen molar-refractivity contribution in [2.45, 2.75) is 30.5 Å². The van der Waals surface area contributed by atoms with Gasteiger partial charge in [0.25, 0.3) is 0 Å². The Morgan fingerprint density at radius 1 is 1.56 bits per heavy atom. The van der Waals surface area contributed by atoms with Gasteiger partial charge in [0, 0.05) is 6.20 Å². The van der Waals surface area contributed by atoms with Gasteiger partial charge in [-0.3, -0.25) is 5.32 Å². The van der Waals surface area contributed by atoms with Crippen molar-refractivity contribution in [1.29, 1.82) is 0 Å². The summed E-state index contributed by atoms with van der Waals surface area (Å²) in [4.78, 5) is 1.20. The zero-order valence-electron chi connectivity index (χ0n) is 9.37. The molecule has 2 aliphatic heterocycles. The molecule has 1 saturated heterocycles. The number of hydrogen-bond donors (Lipinski definition) is 4. The van der Waals surface area contributed by atoms with Gasteiger partial charge in [0.2, 0.25) is 0 Å². The summed E-state index contributed by atoms with van der Waals surface area (Å²) >= 11 is 0. The molecule has 106 valence electrons. The Balaban J connectivity index is 0.00000162. The van der Waals surface area contributed by atoms with Crippen LogP contribution < -0.4 is 11.1 Å². The van der Waals surface area contributed by atoms with Crippen LogP contribution in [0.1, 0.15) is 0 Å². The number of hydrogen-bond acceptors (Lipinski definition) is 6. The van der Waals surface area contributed by atoms with E-state index >= 15 is 0 Å². The lowest BCUT2D eigenvalue weighted by Gasteiger charge is -2.34. The van der Waals surface area contributed by atoms with Crippen LogP contribution in [0.3, 0.4) is 0 Å². The highest BCUT2D eigenvalue weighted by Crippen LogP contribution is 2.38. The van der Waals surface area contributed by atoms with Crippen LogP contribution in [0, 0.1) is 0 Å². The first kappa shape index (κ1) is 15.5. The smallest absolute Gasteiger partial charge is 0.319 e. The number of halogens is 3. The molecule has 1 fully saturated rings. The first-order valence-corrected chi connectivity index (χ1v) is 5.22. The maximum atomic E-state index is 13.7. The van der Waals surface area contributed by atoms with Gasteiger partial charge in [0.15, 0.2) is 12.3 Å². The minimum Gasteiger partial charge on any atom is -0.394 e. The summed E-state index contributed by atoms with van der Waals surface area (Å²) in [7, 11) is 0. The maximum absolute atomic E-state index is 13.7.